The summed E-state index contributed by atoms with van der Waals surface area (Å²) in [5.74, 6) is 1.06. The van der Waals surface area contributed by atoms with Gasteiger partial charge in [0.1, 0.15) is 0 Å². The minimum Gasteiger partial charge on any atom is -0.273 e. The first-order chi connectivity index (χ1) is 10.6. The SMILES string of the molecule is O=C(NN=Cc1cc([N+](=O)[O-])ccc1Cl)C1C2CCCCC21. The fourth-order valence-corrected chi connectivity index (χ4v) is 3.53. The van der Waals surface area contributed by atoms with Gasteiger partial charge in [0.25, 0.3) is 5.69 Å². The Morgan fingerprint density at radius 1 is 1.36 bits per heavy atom. The number of non-ortho nitro benzene ring substituents is 1. The van der Waals surface area contributed by atoms with Gasteiger partial charge in [0.2, 0.25) is 5.91 Å². The predicted molar refractivity (Wildman–Crippen MR) is 82.8 cm³/mol. The van der Waals surface area contributed by atoms with Gasteiger partial charge in [-0.1, -0.05) is 24.4 Å². The van der Waals surface area contributed by atoms with Crippen molar-refractivity contribution in [2.45, 2.75) is 25.7 Å². The number of benzene rings is 1. The highest BCUT2D eigenvalue weighted by Gasteiger charge is 2.54. The van der Waals surface area contributed by atoms with Crippen LogP contribution < -0.4 is 5.43 Å². The summed E-state index contributed by atoms with van der Waals surface area (Å²) in [6.07, 6.45) is 6.01. The number of nitro groups is 1. The van der Waals surface area contributed by atoms with Gasteiger partial charge in [0, 0.05) is 28.6 Å². The molecule has 1 amide bonds. The molecule has 6 nitrogen and oxygen atoms in total. The number of hydrogen-bond acceptors (Lipinski definition) is 4. The number of halogens is 1. The highest BCUT2D eigenvalue weighted by atomic mass is 35.5. The third-order valence-corrected chi connectivity index (χ3v) is 4.87. The van der Waals surface area contributed by atoms with E-state index >= 15 is 0 Å². The third kappa shape index (κ3) is 2.97. The molecule has 0 saturated heterocycles. The molecule has 2 aliphatic carbocycles. The van der Waals surface area contributed by atoms with E-state index in [0.29, 0.717) is 22.4 Å². The normalized spacial score (nSPS) is 26.5. The largest absolute Gasteiger partial charge is 0.273 e. The van der Waals surface area contributed by atoms with E-state index in [2.05, 4.69) is 10.5 Å². The van der Waals surface area contributed by atoms with Gasteiger partial charge in [-0.15, -0.1) is 0 Å². The van der Waals surface area contributed by atoms with Gasteiger partial charge in [-0.2, -0.15) is 5.10 Å². The van der Waals surface area contributed by atoms with Crippen molar-refractivity contribution in [1.82, 2.24) is 5.43 Å². The summed E-state index contributed by atoms with van der Waals surface area (Å²) < 4.78 is 0. The standard InChI is InChI=1S/C15H16ClN3O3/c16-13-6-5-10(19(21)22)7-9(13)8-17-18-15(20)14-11-3-1-2-4-12(11)14/h5-8,11-12,14H,1-4H2,(H,18,20). The molecule has 0 aliphatic heterocycles. The molecule has 0 spiro atoms. The molecule has 0 bridgehead atoms. The summed E-state index contributed by atoms with van der Waals surface area (Å²) in [6.45, 7) is 0. The molecule has 1 aromatic rings. The Hall–Kier alpha value is -1.95. The van der Waals surface area contributed by atoms with Gasteiger partial charge in [0.15, 0.2) is 0 Å². The second-order valence-corrected chi connectivity index (χ2v) is 6.24. The predicted octanol–water partition coefficient (Wildman–Crippen LogP) is 3.13. The van der Waals surface area contributed by atoms with Crippen LogP contribution in [0, 0.1) is 27.9 Å². The Labute approximate surface area is 132 Å². The average Bonchev–Trinajstić information content (AvgIpc) is 3.23. The minimum atomic E-state index is -0.499. The lowest BCUT2D eigenvalue weighted by Gasteiger charge is -2.04. The number of hydrogen-bond donors (Lipinski definition) is 1. The number of rotatable bonds is 4. The first kappa shape index (κ1) is 15.0. The highest BCUT2D eigenvalue weighted by molar-refractivity contribution is 6.33. The van der Waals surface area contributed by atoms with Crippen molar-refractivity contribution in [2.24, 2.45) is 22.9 Å². The second-order valence-electron chi connectivity index (χ2n) is 5.84. The molecular weight excluding hydrogens is 306 g/mol. The molecule has 2 fully saturated rings. The number of hydrazone groups is 1. The van der Waals surface area contributed by atoms with Gasteiger partial charge < -0.3 is 0 Å². The van der Waals surface area contributed by atoms with E-state index in [-0.39, 0.29) is 17.5 Å². The molecule has 0 radical (unpaired) electrons. The van der Waals surface area contributed by atoms with Crippen molar-refractivity contribution in [3.05, 3.63) is 38.9 Å². The highest BCUT2D eigenvalue weighted by Crippen LogP contribution is 2.55. The van der Waals surface area contributed by atoms with Crippen LogP contribution in [0.1, 0.15) is 31.2 Å². The van der Waals surface area contributed by atoms with Crippen LogP contribution >= 0.6 is 11.6 Å². The number of fused-ring (bicyclic) bond motifs is 1. The van der Waals surface area contributed by atoms with Crippen LogP contribution in [-0.4, -0.2) is 17.0 Å². The van der Waals surface area contributed by atoms with E-state index in [1.807, 2.05) is 0 Å². The van der Waals surface area contributed by atoms with Crippen molar-refractivity contribution in [3.8, 4) is 0 Å². The minimum absolute atomic E-state index is 0.0605. The summed E-state index contributed by atoms with van der Waals surface area (Å²) in [4.78, 5) is 22.3. The Bertz CT molecular complexity index is 635. The molecule has 1 aromatic carbocycles. The number of carbonyl (C=O) groups excluding carboxylic acids is 1. The van der Waals surface area contributed by atoms with Crippen molar-refractivity contribution in [2.75, 3.05) is 0 Å². The van der Waals surface area contributed by atoms with Crippen molar-refractivity contribution in [3.63, 3.8) is 0 Å². The molecule has 2 atom stereocenters. The van der Waals surface area contributed by atoms with E-state index in [0.717, 1.165) is 12.8 Å². The number of nitro benzene ring substituents is 1. The van der Waals surface area contributed by atoms with Gasteiger partial charge in [-0.05, 0) is 30.7 Å². The summed E-state index contributed by atoms with van der Waals surface area (Å²) in [5.41, 5.74) is 2.87. The third-order valence-electron chi connectivity index (χ3n) is 4.53. The van der Waals surface area contributed by atoms with Gasteiger partial charge in [-0.25, -0.2) is 5.43 Å². The smallest absolute Gasteiger partial charge is 0.270 e. The van der Waals surface area contributed by atoms with Crippen molar-refractivity contribution < 1.29 is 9.72 Å². The van der Waals surface area contributed by atoms with Gasteiger partial charge in [0.05, 0.1) is 11.1 Å². The lowest BCUT2D eigenvalue weighted by atomic mass is 10.0. The molecule has 3 rings (SSSR count). The zero-order valence-electron chi connectivity index (χ0n) is 11.9. The average molecular weight is 322 g/mol. The second kappa shape index (κ2) is 6.04. The fraction of sp³-hybridized carbons (Fsp3) is 0.467. The molecule has 0 aromatic heterocycles. The van der Waals surface area contributed by atoms with Crippen LogP contribution in [0.2, 0.25) is 5.02 Å². The lowest BCUT2D eigenvalue weighted by molar-refractivity contribution is -0.384. The monoisotopic (exact) mass is 321 g/mol. The van der Waals surface area contributed by atoms with Crippen LogP contribution in [0.25, 0.3) is 0 Å². The Balaban J connectivity index is 1.61. The van der Waals surface area contributed by atoms with Crippen LogP contribution in [0.5, 0.6) is 0 Å². The van der Waals surface area contributed by atoms with Crippen LogP contribution in [0.15, 0.2) is 23.3 Å². The van der Waals surface area contributed by atoms with Crippen molar-refractivity contribution >= 4 is 29.4 Å². The number of nitrogens with one attached hydrogen (secondary N) is 1. The zero-order valence-corrected chi connectivity index (χ0v) is 12.6. The number of amides is 1. The molecule has 22 heavy (non-hydrogen) atoms. The zero-order chi connectivity index (χ0) is 15.7. The maximum absolute atomic E-state index is 12.1. The van der Waals surface area contributed by atoms with Gasteiger partial charge >= 0.3 is 0 Å². The summed E-state index contributed by atoms with van der Waals surface area (Å²) >= 11 is 5.96. The van der Waals surface area contributed by atoms with E-state index in [1.54, 1.807) is 0 Å². The Morgan fingerprint density at radius 3 is 2.68 bits per heavy atom. The maximum atomic E-state index is 12.1. The fourth-order valence-electron chi connectivity index (χ4n) is 3.36. The molecular formula is C15H16ClN3O3. The van der Waals surface area contributed by atoms with Crippen LogP contribution in [-0.2, 0) is 4.79 Å². The summed E-state index contributed by atoms with van der Waals surface area (Å²) in [5, 5.41) is 15.0. The molecule has 116 valence electrons. The lowest BCUT2D eigenvalue weighted by Crippen LogP contribution is -2.20. The van der Waals surface area contributed by atoms with Crippen LogP contribution in [0.3, 0.4) is 0 Å². The molecule has 0 heterocycles. The maximum Gasteiger partial charge on any atom is 0.270 e. The van der Waals surface area contributed by atoms with E-state index in [1.165, 1.54) is 37.3 Å². The van der Waals surface area contributed by atoms with Crippen molar-refractivity contribution in [1.29, 1.82) is 0 Å². The molecule has 2 unspecified atom stereocenters. The first-order valence-corrected chi connectivity index (χ1v) is 7.72. The van der Waals surface area contributed by atoms with E-state index in [4.69, 9.17) is 11.6 Å². The Morgan fingerprint density at radius 2 is 2.05 bits per heavy atom. The van der Waals surface area contributed by atoms with Crippen LogP contribution in [0.4, 0.5) is 5.69 Å². The number of carbonyl (C=O) groups is 1. The number of nitrogens with zero attached hydrogens (tertiary/aromatic N) is 2. The molecule has 2 saturated carbocycles. The summed E-state index contributed by atoms with van der Waals surface area (Å²) in [7, 11) is 0. The first-order valence-electron chi connectivity index (χ1n) is 7.35. The quantitative estimate of drug-likeness (QED) is 0.525. The topological polar surface area (TPSA) is 84.6 Å². The molecule has 7 heteroatoms. The Kier molecular flexibility index (Phi) is 4.11. The molecule has 1 N–H and O–H groups in total. The van der Waals surface area contributed by atoms with E-state index < -0.39 is 4.92 Å². The van der Waals surface area contributed by atoms with Gasteiger partial charge in [-0.3, -0.25) is 14.9 Å². The molecule has 2 aliphatic rings. The summed E-state index contributed by atoms with van der Waals surface area (Å²) in [6, 6.07) is 4.10. The van der Waals surface area contributed by atoms with E-state index in [9.17, 15) is 14.9 Å².